The van der Waals surface area contributed by atoms with Gasteiger partial charge in [0, 0.05) is 30.8 Å². The molecule has 216 valence electrons. The summed E-state index contributed by atoms with van der Waals surface area (Å²) < 4.78 is 30.1. The summed E-state index contributed by atoms with van der Waals surface area (Å²) in [5.41, 5.74) is 4.24. The van der Waals surface area contributed by atoms with Crippen LogP contribution in [0.15, 0.2) is 78.9 Å². The fourth-order valence-corrected chi connectivity index (χ4v) is 5.15. The summed E-state index contributed by atoms with van der Waals surface area (Å²) in [6.45, 7) is 4.07. The van der Waals surface area contributed by atoms with Crippen LogP contribution in [-0.2, 0) is 11.3 Å². The molecule has 5 rings (SSSR count). The van der Waals surface area contributed by atoms with Crippen molar-refractivity contribution in [3.8, 4) is 28.4 Å². The zero-order valence-corrected chi connectivity index (χ0v) is 24.1. The van der Waals surface area contributed by atoms with Crippen molar-refractivity contribution in [2.45, 2.75) is 25.9 Å². The number of amides is 1. The van der Waals surface area contributed by atoms with Crippen LogP contribution in [0.5, 0.6) is 17.2 Å². The van der Waals surface area contributed by atoms with Gasteiger partial charge in [-0.25, -0.2) is 9.18 Å². The van der Waals surface area contributed by atoms with Crippen molar-refractivity contribution in [3.05, 3.63) is 95.8 Å². The lowest BCUT2D eigenvalue weighted by atomic mass is 9.91. The summed E-state index contributed by atoms with van der Waals surface area (Å²) in [5.74, 6) is 0.306. The van der Waals surface area contributed by atoms with E-state index in [0.717, 1.165) is 33.8 Å². The van der Waals surface area contributed by atoms with Crippen LogP contribution in [0.1, 0.15) is 29.8 Å². The summed E-state index contributed by atoms with van der Waals surface area (Å²) in [6, 6.07) is 21.8. The first-order valence-electron chi connectivity index (χ1n) is 13.4. The second kappa shape index (κ2) is 11.4. The number of halogens is 1. The second-order valence-electron chi connectivity index (χ2n) is 10.4. The van der Waals surface area contributed by atoms with Crippen molar-refractivity contribution in [1.82, 2.24) is 0 Å². The van der Waals surface area contributed by atoms with E-state index in [-0.39, 0.29) is 17.2 Å². The molecular weight excluding hydrogens is 537 g/mol. The summed E-state index contributed by atoms with van der Waals surface area (Å²) in [6.07, 6.45) is 0. The van der Waals surface area contributed by atoms with Crippen molar-refractivity contribution in [1.29, 1.82) is 0 Å². The Balaban J connectivity index is 1.56. The number of anilines is 3. The Labute approximate surface area is 244 Å². The molecule has 42 heavy (non-hydrogen) atoms. The second-order valence-corrected chi connectivity index (χ2v) is 10.4. The molecule has 8 nitrogen and oxygen atoms in total. The predicted octanol–water partition coefficient (Wildman–Crippen LogP) is 6.51. The Bertz CT molecular complexity index is 1650. The van der Waals surface area contributed by atoms with Crippen LogP contribution in [0.2, 0.25) is 0 Å². The van der Waals surface area contributed by atoms with Crippen molar-refractivity contribution < 1.29 is 28.2 Å². The average Bonchev–Trinajstić information content (AvgIpc) is 2.99. The zero-order valence-electron chi connectivity index (χ0n) is 24.1. The molecule has 0 bridgehead atoms. The van der Waals surface area contributed by atoms with Gasteiger partial charge in [-0.05, 0) is 74.0 Å². The lowest BCUT2D eigenvalue weighted by Gasteiger charge is -2.40. The maximum Gasteiger partial charge on any atom is 0.343 e. The standard InChI is InChI=1S/C33H32FN3O5/c1-33(2)32(39)37(3)30-25(19-35-26-8-6-7-9-28(26)40-4)23(16-17-27(30)36-33)24-15-14-22(18-29(24)41-5)42-31(38)20-10-12-21(34)13-11-20/h6-18,35-36H,19H2,1-5H3. The first-order chi connectivity index (χ1) is 20.1. The molecule has 1 aliphatic heterocycles. The molecular formula is C33H32FN3O5. The molecule has 1 aliphatic rings. The lowest BCUT2D eigenvalue weighted by Crippen LogP contribution is -2.52. The summed E-state index contributed by atoms with van der Waals surface area (Å²) in [7, 11) is 4.93. The SMILES string of the molecule is COc1ccccc1NCc1c(-c2ccc(OC(=O)c3ccc(F)cc3)cc2OC)ccc2c1N(C)C(=O)C(C)(C)N2. The smallest absolute Gasteiger partial charge is 0.343 e. The molecule has 4 aromatic rings. The molecule has 0 aliphatic carbocycles. The first kappa shape index (κ1) is 28.5. The molecule has 4 aromatic carbocycles. The van der Waals surface area contributed by atoms with E-state index in [1.807, 2.05) is 56.3 Å². The van der Waals surface area contributed by atoms with Crippen LogP contribution in [-0.4, -0.2) is 38.7 Å². The Morgan fingerprint density at radius 1 is 0.929 bits per heavy atom. The van der Waals surface area contributed by atoms with Crippen LogP contribution in [0.4, 0.5) is 21.5 Å². The van der Waals surface area contributed by atoms with E-state index in [4.69, 9.17) is 14.2 Å². The van der Waals surface area contributed by atoms with Crippen molar-refractivity contribution in [2.75, 3.05) is 36.8 Å². The average molecular weight is 570 g/mol. The summed E-state index contributed by atoms with van der Waals surface area (Å²) >= 11 is 0. The Kier molecular flexibility index (Phi) is 7.76. The quantitative estimate of drug-likeness (QED) is 0.185. The van der Waals surface area contributed by atoms with Crippen molar-refractivity contribution in [3.63, 3.8) is 0 Å². The van der Waals surface area contributed by atoms with Gasteiger partial charge in [-0.1, -0.05) is 18.2 Å². The maximum absolute atomic E-state index is 13.3. The van der Waals surface area contributed by atoms with E-state index in [1.165, 1.54) is 31.4 Å². The van der Waals surface area contributed by atoms with Crippen LogP contribution in [0.25, 0.3) is 11.1 Å². The molecule has 0 saturated heterocycles. The third-order valence-corrected chi connectivity index (χ3v) is 7.22. The number of methoxy groups -OCH3 is 2. The number of hydrogen-bond acceptors (Lipinski definition) is 7. The van der Waals surface area contributed by atoms with Crippen LogP contribution >= 0.6 is 0 Å². The molecule has 2 N–H and O–H groups in total. The number of nitrogens with one attached hydrogen (secondary N) is 2. The molecule has 1 heterocycles. The van der Waals surface area contributed by atoms with Crippen LogP contribution in [0, 0.1) is 5.82 Å². The topological polar surface area (TPSA) is 89.1 Å². The highest BCUT2D eigenvalue weighted by Crippen LogP contribution is 2.45. The first-order valence-corrected chi connectivity index (χ1v) is 13.4. The van der Waals surface area contributed by atoms with Crippen molar-refractivity contribution in [2.24, 2.45) is 0 Å². The van der Waals surface area contributed by atoms with Crippen LogP contribution in [0.3, 0.4) is 0 Å². The molecule has 0 saturated carbocycles. The van der Waals surface area contributed by atoms with Gasteiger partial charge >= 0.3 is 5.97 Å². The highest BCUT2D eigenvalue weighted by Gasteiger charge is 2.38. The van der Waals surface area contributed by atoms with E-state index >= 15 is 0 Å². The van der Waals surface area contributed by atoms with Crippen molar-refractivity contribution >= 4 is 28.9 Å². The molecule has 0 spiro atoms. The summed E-state index contributed by atoms with van der Waals surface area (Å²) in [5, 5.41) is 6.85. The summed E-state index contributed by atoms with van der Waals surface area (Å²) in [4.78, 5) is 27.6. The molecule has 0 unspecified atom stereocenters. The fraction of sp³-hybridized carbons (Fsp3) is 0.212. The molecule has 0 radical (unpaired) electrons. The molecule has 9 heteroatoms. The largest absolute Gasteiger partial charge is 0.496 e. The van der Waals surface area contributed by atoms with E-state index in [2.05, 4.69) is 10.6 Å². The maximum atomic E-state index is 13.3. The highest BCUT2D eigenvalue weighted by molar-refractivity contribution is 6.09. The van der Waals surface area contributed by atoms with Gasteiger partial charge in [0.15, 0.2) is 0 Å². The number of para-hydroxylation sites is 2. The number of esters is 1. The van der Waals surface area contributed by atoms with Gasteiger partial charge in [0.2, 0.25) is 0 Å². The monoisotopic (exact) mass is 569 g/mol. The Hall–Kier alpha value is -5.05. The number of ether oxygens (including phenoxy) is 3. The van der Waals surface area contributed by atoms with Gasteiger partial charge in [0.1, 0.15) is 28.6 Å². The number of benzene rings is 4. The van der Waals surface area contributed by atoms with Crippen LogP contribution < -0.4 is 29.7 Å². The number of carbonyl (C=O) groups is 2. The number of carbonyl (C=O) groups excluding carboxylic acids is 2. The number of likely N-dealkylation sites (N-methyl/N-ethyl adjacent to an activating group) is 1. The van der Waals surface area contributed by atoms with E-state index in [9.17, 15) is 14.0 Å². The number of rotatable bonds is 8. The van der Waals surface area contributed by atoms with Gasteiger partial charge in [-0.2, -0.15) is 0 Å². The highest BCUT2D eigenvalue weighted by atomic mass is 19.1. The Morgan fingerprint density at radius 2 is 1.62 bits per heavy atom. The van der Waals surface area contributed by atoms with E-state index in [1.54, 1.807) is 31.2 Å². The molecule has 0 fully saturated rings. The molecule has 1 amide bonds. The molecule has 0 aromatic heterocycles. The van der Waals surface area contributed by atoms with Gasteiger partial charge in [0.05, 0.1) is 36.8 Å². The lowest BCUT2D eigenvalue weighted by molar-refractivity contribution is -0.121. The third kappa shape index (κ3) is 5.45. The number of fused-ring (bicyclic) bond motifs is 1. The Morgan fingerprint density at radius 3 is 2.33 bits per heavy atom. The van der Waals surface area contributed by atoms with Gasteiger partial charge in [0.25, 0.3) is 5.91 Å². The van der Waals surface area contributed by atoms with Gasteiger partial charge < -0.3 is 29.7 Å². The third-order valence-electron chi connectivity index (χ3n) is 7.22. The van der Waals surface area contributed by atoms with E-state index < -0.39 is 17.3 Å². The zero-order chi connectivity index (χ0) is 30.0. The number of hydrogen-bond donors (Lipinski definition) is 2. The van der Waals surface area contributed by atoms with Gasteiger partial charge in [-0.15, -0.1) is 0 Å². The minimum absolute atomic E-state index is 0.0688. The molecule has 0 atom stereocenters. The minimum atomic E-state index is -0.773. The number of nitrogens with zero attached hydrogens (tertiary/aromatic N) is 1. The van der Waals surface area contributed by atoms with E-state index in [0.29, 0.717) is 18.0 Å². The normalized spacial score (nSPS) is 13.6. The van der Waals surface area contributed by atoms with Gasteiger partial charge in [-0.3, -0.25) is 4.79 Å². The minimum Gasteiger partial charge on any atom is -0.496 e. The predicted molar refractivity (Wildman–Crippen MR) is 161 cm³/mol. The fourth-order valence-electron chi connectivity index (χ4n) is 5.15.